The Balaban J connectivity index is 2.50. The molecule has 1 rings (SSSR count). The van der Waals surface area contributed by atoms with Gasteiger partial charge in [0.1, 0.15) is 5.82 Å². The van der Waals surface area contributed by atoms with Crippen molar-refractivity contribution in [2.24, 2.45) is 5.73 Å². The summed E-state index contributed by atoms with van der Waals surface area (Å²) in [6, 6.07) is 4.34. The summed E-state index contributed by atoms with van der Waals surface area (Å²) in [5.74, 6) is -0.571. The van der Waals surface area contributed by atoms with Gasteiger partial charge in [0.25, 0.3) is 0 Å². The Morgan fingerprint density at radius 3 is 2.93 bits per heavy atom. The van der Waals surface area contributed by atoms with Crippen molar-refractivity contribution in [2.75, 3.05) is 13.1 Å². The highest BCUT2D eigenvalue weighted by Crippen LogP contribution is 2.14. The van der Waals surface area contributed by atoms with Crippen LogP contribution in [0.1, 0.15) is 5.56 Å². The van der Waals surface area contributed by atoms with Crippen molar-refractivity contribution < 1.29 is 9.18 Å². The first-order chi connectivity index (χ1) is 7.13. The van der Waals surface area contributed by atoms with Gasteiger partial charge < -0.3 is 11.1 Å². The Bertz CT molecular complexity index is 357. The molecule has 0 saturated carbocycles. The van der Waals surface area contributed by atoms with E-state index in [2.05, 4.69) is 5.32 Å². The number of nitrogens with one attached hydrogen (secondary N) is 1. The molecule has 0 aromatic heterocycles. The second-order valence-corrected chi connectivity index (χ2v) is 3.48. The molecule has 0 saturated heterocycles. The van der Waals surface area contributed by atoms with E-state index in [9.17, 15) is 9.18 Å². The molecule has 0 aliphatic rings. The highest BCUT2D eigenvalue weighted by atomic mass is 35.5. The minimum atomic E-state index is -0.318. The standard InChI is InChI=1S/C10H12ClFN2O/c11-8-1-2-9(12)7(5-8)3-4-14-10(15)6-13/h1-2,5H,3-4,6,13H2,(H,14,15). The van der Waals surface area contributed by atoms with E-state index in [0.29, 0.717) is 23.6 Å². The number of hydrogen-bond donors (Lipinski definition) is 2. The zero-order valence-electron chi connectivity index (χ0n) is 8.09. The van der Waals surface area contributed by atoms with Gasteiger partial charge in [-0.25, -0.2) is 4.39 Å². The first-order valence-electron chi connectivity index (χ1n) is 4.54. The van der Waals surface area contributed by atoms with E-state index in [-0.39, 0.29) is 18.3 Å². The summed E-state index contributed by atoms with van der Waals surface area (Å²) in [6.07, 6.45) is 0.401. The molecule has 15 heavy (non-hydrogen) atoms. The molecular weight excluding hydrogens is 219 g/mol. The lowest BCUT2D eigenvalue weighted by Crippen LogP contribution is -2.31. The van der Waals surface area contributed by atoms with Crippen molar-refractivity contribution in [3.63, 3.8) is 0 Å². The Kier molecular flexibility index (Phi) is 4.52. The van der Waals surface area contributed by atoms with Crippen LogP contribution in [0.25, 0.3) is 0 Å². The Morgan fingerprint density at radius 2 is 2.27 bits per heavy atom. The van der Waals surface area contributed by atoms with Gasteiger partial charge in [-0.3, -0.25) is 4.79 Å². The zero-order valence-corrected chi connectivity index (χ0v) is 8.85. The molecule has 1 amide bonds. The molecular formula is C10H12ClFN2O. The molecule has 0 heterocycles. The monoisotopic (exact) mass is 230 g/mol. The minimum absolute atomic E-state index is 0.0575. The normalized spacial score (nSPS) is 10.1. The molecule has 0 unspecified atom stereocenters. The summed E-state index contributed by atoms with van der Waals surface area (Å²) in [4.78, 5) is 10.8. The molecule has 5 heteroatoms. The van der Waals surface area contributed by atoms with Crippen LogP contribution >= 0.6 is 11.6 Å². The number of carbonyl (C=O) groups excluding carboxylic acids is 1. The van der Waals surface area contributed by atoms with Crippen molar-refractivity contribution in [1.29, 1.82) is 0 Å². The van der Waals surface area contributed by atoms with Crippen LogP contribution in [0.5, 0.6) is 0 Å². The quantitative estimate of drug-likeness (QED) is 0.814. The molecule has 1 aromatic rings. The molecule has 0 fully saturated rings. The smallest absolute Gasteiger partial charge is 0.233 e. The highest BCUT2D eigenvalue weighted by molar-refractivity contribution is 6.30. The molecule has 0 atom stereocenters. The minimum Gasteiger partial charge on any atom is -0.355 e. The predicted molar refractivity (Wildman–Crippen MR) is 57.2 cm³/mol. The third-order valence-corrected chi connectivity index (χ3v) is 2.14. The lowest BCUT2D eigenvalue weighted by atomic mass is 10.1. The number of amides is 1. The molecule has 0 bridgehead atoms. The number of hydrogen-bond acceptors (Lipinski definition) is 2. The van der Waals surface area contributed by atoms with Gasteiger partial charge in [0.2, 0.25) is 5.91 Å². The third-order valence-electron chi connectivity index (χ3n) is 1.91. The zero-order chi connectivity index (χ0) is 11.3. The molecule has 0 spiro atoms. The summed E-state index contributed by atoms with van der Waals surface area (Å²) < 4.78 is 13.2. The van der Waals surface area contributed by atoms with Crippen LogP contribution in [-0.2, 0) is 11.2 Å². The van der Waals surface area contributed by atoms with E-state index >= 15 is 0 Å². The molecule has 0 aliphatic carbocycles. The van der Waals surface area contributed by atoms with E-state index in [1.807, 2.05) is 0 Å². The molecule has 0 aliphatic heterocycles. The van der Waals surface area contributed by atoms with Crippen molar-refractivity contribution >= 4 is 17.5 Å². The van der Waals surface area contributed by atoms with Gasteiger partial charge in [0, 0.05) is 11.6 Å². The van der Waals surface area contributed by atoms with Crippen molar-refractivity contribution in [1.82, 2.24) is 5.32 Å². The van der Waals surface area contributed by atoms with Crippen molar-refractivity contribution in [3.05, 3.63) is 34.6 Å². The second kappa shape index (κ2) is 5.68. The van der Waals surface area contributed by atoms with Crippen molar-refractivity contribution in [3.8, 4) is 0 Å². The van der Waals surface area contributed by atoms with Crippen LogP contribution in [0, 0.1) is 5.82 Å². The number of carbonyl (C=O) groups is 1. The van der Waals surface area contributed by atoms with Crippen LogP contribution in [0.4, 0.5) is 4.39 Å². The first-order valence-corrected chi connectivity index (χ1v) is 4.92. The summed E-state index contributed by atoms with van der Waals surface area (Å²) in [5, 5.41) is 3.04. The van der Waals surface area contributed by atoms with E-state index in [4.69, 9.17) is 17.3 Å². The molecule has 3 N–H and O–H groups in total. The fourth-order valence-electron chi connectivity index (χ4n) is 1.14. The van der Waals surface area contributed by atoms with Crippen molar-refractivity contribution in [2.45, 2.75) is 6.42 Å². The molecule has 1 aromatic carbocycles. The fraction of sp³-hybridized carbons (Fsp3) is 0.300. The van der Waals surface area contributed by atoms with Gasteiger partial charge in [0.15, 0.2) is 0 Å². The summed E-state index contributed by atoms with van der Waals surface area (Å²) in [6.45, 7) is 0.297. The van der Waals surface area contributed by atoms with Gasteiger partial charge in [-0.2, -0.15) is 0 Å². The third kappa shape index (κ3) is 3.85. The Hall–Kier alpha value is -1.13. The lowest BCUT2D eigenvalue weighted by molar-refractivity contribution is -0.119. The largest absolute Gasteiger partial charge is 0.355 e. The van der Waals surface area contributed by atoms with Gasteiger partial charge in [-0.05, 0) is 30.2 Å². The van der Waals surface area contributed by atoms with Crippen LogP contribution < -0.4 is 11.1 Å². The second-order valence-electron chi connectivity index (χ2n) is 3.04. The summed E-state index contributed by atoms with van der Waals surface area (Å²) >= 11 is 5.71. The van der Waals surface area contributed by atoms with Gasteiger partial charge >= 0.3 is 0 Å². The number of benzene rings is 1. The van der Waals surface area contributed by atoms with E-state index in [1.54, 1.807) is 6.07 Å². The van der Waals surface area contributed by atoms with E-state index in [1.165, 1.54) is 12.1 Å². The number of halogens is 2. The van der Waals surface area contributed by atoms with Crippen LogP contribution in [0.3, 0.4) is 0 Å². The summed E-state index contributed by atoms with van der Waals surface area (Å²) in [7, 11) is 0. The number of rotatable bonds is 4. The van der Waals surface area contributed by atoms with Gasteiger partial charge in [-0.1, -0.05) is 11.6 Å². The molecule has 0 radical (unpaired) electrons. The molecule has 3 nitrogen and oxygen atoms in total. The van der Waals surface area contributed by atoms with Gasteiger partial charge in [-0.15, -0.1) is 0 Å². The Morgan fingerprint density at radius 1 is 1.53 bits per heavy atom. The lowest BCUT2D eigenvalue weighted by Gasteiger charge is -2.05. The van der Waals surface area contributed by atoms with Gasteiger partial charge in [0.05, 0.1) is 6.54 Å². The van der Waals surface area contributed by atoms with E-state index < -0.39 is 0 Å². The maximum Gasteiger partial charge on any atom is 0.233 e. The maximum absolute atomic E-state index is 13.2. The SMILES string of the molecule is NCC(=O)NCCc1cc(Cl)ccc1F. The molecule has 82 valence electrons. The van der Waals surface area contributed by atoms with E-state index in [0.717, 1.165) is 0 Å². The van der Waals surface area contributed by atoms with Crippen LogP contribution in [-0.4, -0.2) is 19.0 Å². The van der Waals surface area contributed by atoms with Crippen LogP contribution in [0.2, 0.25) is 5.02 Å². The Labute approximate surface area is 92.4 Å². The average Bonchev–Trinajstić information content (AvgIpc) is 2.23. The van der Waals surface area contributed by atoms with Crippen LogP contribution in [0.15, 0.2) is 18.2 Å². The summed E-state index contributed by atoms with van der Waals surface area (Å²) in [5.41, 5.74) is 5.58. The fourth-order valence-corrected chi connectivity index (χ4v) is 1.34. The highest BCUT2D eigenvalue weighted by Gasteiger charge is 2.03. The average molecular weight is 231 g/mol. The predicted octanol–water partition coefficient (Wildman–Crippen LogP) is 1.10. The topological polar surface area (TPSA) is 55.1 Å². The first kappa shape index (κ1) is 11.9. The maximum atomic E-state index is 13.2. The number of nitrogens with two attached hydrogens (primary N) is 1.